The second kappa shape index (κ2) is 6.18. The van der Waals surface area contributed by atoms with E-state index in [0.717, 1.165) is 6.07 Å². The highest BCUT2D eigenvalue weighted by Gasteiger charge is 2.54. The van der Waals surface area contributed by atoms with Gasteiger partial charge in [-0.25, -0.2) is 17.2 Å². The number of alkyl halides is 1. The van der Waals surface area contributed by atoms with Gasteiger partial charge in [-0.15, -0.1) is 12.4 Å². The van der Waals surface area contributed by atoms with Gasteiger partial charge in [0.2, 0.25) is 0 Å². The number of hydrogen-bond acceptors (Lipinski definition) is 3. The van der Waals surface area contributed by atoms with Crippen LogP contribution in [0.3, 0.4) is 0 Å². The molecule has 1 aliphatic rings. The Hall–Kier alpha value is -0.720. The molecule has 0 spiro atoms. The van der Waals surface area contributed by atoms with Crippen molar-refractivity contribution in [3.8, 4) is 0 Å². The first-order valence-corrected chi connectivity index (χ1v) is 8.09. The van der Waals surface area contributed by atoms with Crippen molar-refractivity contribution in [2.45, 2.75) is 42.0 Å². The maximum absolute atomic E-state index is 15.1. The Morgan fingerprint density at radius 2 is 1.81 bits per heavy atom. The average molecular weight is 340 g/mol. The predicted octanol–water partition coefficient (Wildman–Crippen LogP) is 2.89. The molecular formula is C14H20ClF2NO2S. The highest BCUT2D eigenvalue weighted by Crippen LogP contribution is 2.42. The molecule has 0 bridgehead atoms. The molecule has 2 rings (SSSR count). The fourth-order valence-corrected chi connectivity index (χ4v) is 4.40. The molecule has 1 saturated heterocycles. The second-order valence-electron chi connectivity index (χ2n) is 5.69. The molecule has 0 radical (unpaired) electrons. The zero-order valence-corrected chi connectivity index (χ0v) is 13.7. The molecule has 1 aromatic carbocycles. The van der Waals surface area contributed by atoms with Gasteiger partial charge in [-0.1, -0.05) is 6.07 Å². The molecule has 0 aromatic heterocycles. The van der Waals surface area contributed by atoms with Crippen LogP contribution in [0.1, 0.15) is 26.7 Å². The fraction of sp³-hybridized carbons (Fsp3) is 0.571. The number of rotatable bonds is 3. The molecule has 120 valence electrons. The zero-order chi connectivity index (χ0) is 15.0. The van der Waals surface area contributed by atoms with Crippen molar-refractivity contribution in [2.75, 3.05) is 13.1 Å². The van der Waals surface area contributed by atoms with E-state index in [1.54, 1.807) is 0 Å². The lowest BCUT2D eigenvalue weighted by atomic mass is 9.83. The smallest absolute Gasteiger partial charge is 0.186 e. The van der Waals surface area contributed by atoms with E-state index in [4.69, 9.17) is 0 Å². The van der Waals surface area contributed by atoms with Crippen molar-refractivity contribution in [1.29, 1.82) is 0 Å². The minimum absolute atomic E-state index is 0. The van der Waals surface area contributed by atoms with Crippen LogP contribution in [-0.2, 0) is 9.84 Å². The van der Waals surface area contributed by atoms with Gasteiger partial charge >= 0.3 is 0 Å². The van der Waals surface area contributed by atoms with Gasteiger partial charge in [-0.3, -0.25) is 0 Å². The standard InChI is InChI=1S/C14H19F2NO2S.ClH/c1-13(2,14(16)6-8-17-9-7-14)20(18,19)12-5-3-4-11(15)10-12;/h3-5,10,17H,6-9H2,1-2H3;1H. The third-order valence-electron chi connectivity index (χ3n) is 4.25. The van der Waals surface area contributed by atoms with E-state index in [1.165, 1.54) is 32.0 Å². The van der Waals surface area contributed by atoms with E-state index in [-0.39, 0.29) is 30.1 Å². The molecule has 0 saturated carbocycles. The molecule has 3 nitrogen and oxygen atoms in total. The van der Waals surface area contributed by atoms with Crippen LogP contribution in [0.5, 0.6) is 0 Å². The van der Waals surface area contributed by atoms with Gasteiger partial charge in [0.25, 0.3) is 0 Å². The summed E-state index contributed by atoms with van der Waals surface area (Å²) in [7, 11) is -3.96. The van der Waals surface area contributed by atoms with E-state index in [0.29, 0.717) is 13.1 Å². The van der Waals surface area contributed by atoms with Crippen molar-refractivity contribution in [2.24, 2.45) is 0 Å². The van der Waals surface area contributed by atoms with Crippen molar-refractivity contribution in [1.82, 2.24) is 5.32 Å². The zero-order valence-electron chi connectivity index (χ0n) is 12.0. The molecule has 21 heavy (non-hydrogen) atoms. The summed E-state index contributed by atoms with van der Waals surface area (Å²) in [4.78, 5) is -0.168. The first kappa shape index (κ1) is 18.3. The first-order valence-electron chi connectivity index (χ1n) is 6.61. The molecular weight excluding hydrogens is 320 g/mol. The van der Waals surface area contributed by atoms with E-state index in [2.05, 4.69) is 5.32 Å². The first-order chi connectivity index (χ1) is 9.21. The van der Waals surface area contributed by atoms with Gasteiger partial charge in [0.1, 0.15) is 16.2 Å². The summed E-state index contributed by atoms with van der Waals surface area (Å²) in [5.41, 5.74) is -1.82. The molecule has 7 heteroatoms. The number of piperidine rings is 1. The predicted molar refractivity (Wildman–Crippen MR) is 80.9 cm³/mol. The van der Waals surface area contributed by atoms with Crippen molar-refractivity contribution in [3.05, 3.63) is 30.1 Å². The highest BCUT2D eigenvalue weighted by molar-refractivity contribution is 7.92. The quantitative estimate of drug-likeness (QED) is 0.921. The normalized spacial score (nSPS) is 18.9. The molecule has 1 heterocycles. The van der Waals surface area contributed by atoms with E-state index < -0.39 is 26.1 Å². The van der Waals surface area contributed by atoms with E-state index in [1.807, 2.05) is 0 Å². The summed E-state index contributed by atoms with van der Waals surface area (Å²) in [6.07, 6.45) is 0.267. The molecule has 1 aromatic rings. The summed E-state index contributed by atoms with van der Waals surface area (Å²) in [6, 6.07) is 4.75. The van der Waals surface area contributed by atoms with E-state index >= 15 is 4.39 Å². The van der Waals surface area contributed by atoms with Gasteiger partial charge in [-0.2, -0.15) is 0 Å². The van der Waals surface area contributed by atoms with Crippen LogP contribution in [0.15, 0.2) is 29.2 Å². The maximum atomic E-state index is 15.1. The maximum Gasteiger partial charge on any atom is 0.186 e. The Bertz CT molecular complexity index is 599. The van der Waals surface area contributed by atoms with Crippen LogP contribution in [0.4, 0.5) is 8.78 Å². The van der Waals surface area contributed by atoms with E-state index in [9.17, 15) is 12.8 Å². The Labute approximate surface area is 130 Å². The number of benzene rings is 1. The van der Waals surface area contributed by atoms with Crippen LogP contribution in [-0.4, -0.2) is 31.9 Å². The lowest BCUT2D eigenvalue weighted by molar-refractivity contribution is 0.0760. The van der Waals surface area contributed by atoms with Crippen LogP contribution in [0.2, 0.25) is 0 Å². The monoisotopic (exact) mass is 339 g/mol. The van der Waals surface area contributed by atoms with Crippen LogP contribution in [0.25, 0.3) is 0 Å². The Morgan fingerprint density at radius 3 is 2.33 bits per heavy atom. The molecule has 1 aliphatic heterocycles. The lowest BCUT2D eigenvalue weighted by Gasteiger charge is -2.42. The number of halogens is 3. The fourth-order valence-electron chi connectivity index (χ4n) is 2.59. The second-order valence-corrected chi connectivity index (χ2v) is 8.19. The van der Waals surface area contributed by atoms with Gasteiger partial charge < -0.3 is 5.32 Å². The topological polar surface area (TPSA) is 46.2 Å². The Kier molecular flexibility index (Phi) is 5.40. The summed E-state index contributed by atoms with van der Waals surface area (Å²) >= 11 is 0. The lowest BCUT2D eigenvalue weighted by Crippen LogP contribution is -2.56. The summed E-state index contributed by atoms with van der Waals surface area (Å²) in [5, 5.41) is 3.02. The molecule has 0 aliphatic carbocycles. The van der Waals surface area contributed by atoms with Crippen LogP contribution in [0, 0.1) is 5.82 Å². The largest absolute Gasteiger partial charge is 0.316 e. The number of nitrogens with one attached hydrogen (secondary N) is 1. The summed E-state index contributed by atoms with van der Waals surface area (Å²) < 4.78 is 52.1. The van der Waals surface area contributed by atoms with Gasteiger partial charge in [0, 0.05) is 0 Å². The van der Waals surface area contributed by atoms with Crippen molar-refractivity contribution >= 4 is 22.2 Å². The molecule has 0 amide bonds. The van der Waals surface area contributed by atoms with Crippen LogP contribution >= 0.6 is 12.4 Å². The third kappa shape index (κ3) is 3.07. The third-order valence-corrected chi connectivity index (χ3v) is 6.84. The Balaban J connectivity index is 0.00000220. The number of hydrogen-bond donors (Lipinski definition) is 1. The Morgan fingerprint density at radius 1 is 1.24 bits per heavy atom. The molecule has 0 atom stereocenters. The van der Waals surface area contributed by atoms with Gasteiger partial charge in [-0.05, 0) is 58.0 Å². The van der Waals surface area contributed by atoms with Crippen LogP contribution < -0.4 is 5.32 Å². The summed E-state index contributed by atoms with van der Waals surface area (Å²) in [5.74, 6) is -0.639. The summed E-state index contributed by atoms with van der Waals surface area (Å²) in [6.45, 7) is 3.66. The van der Waals surface area contributed by atoms with Gasteiger partial charge in [0.15, 0.2) is 9.84 Å². The molecule has 1 fully saturated rings. The minimum atomic E-state index is -3.96. The molecule has 1 N–H and O–H groups in total. The minimum Gasteiger partial charge on any atom is -0.316 e. The van der Waals surface area contributed by atoms with Crippen molar-refractivity contribution < 1.29 is 17.2 Å². The average Bonchev–Trinajstić information content (AvgIpc) is 2.39. The SMILES string of the molecule is CC(C)(C1(F)CCNCC1)S(=O)(=O)c1cccc(F)c1.Cl. The number of sulfone groups is 1. The highest BCUT2D eigenvalue weighted by atomic mass is 35.5. The molecule has 0 unspecified atom stereocenters. The van der Waals surface area contributed by atoms with Gasteiger partial charge in [0.05, 0.1) is 4.90 Å². The van der Waals surface area contributed by atoms with Crippen molar-refractivity contribution in [3.63, 3.8) is 0 Å².